The highest BCUT2D eigenvalue weighted by Gasteiger charge is 2.28. The summed E-state index contributed by atoms with van der Waals surface area (Å²) in [5.41, 5.74) is 0. The maximum absolute atomic E-state index is 12.5. The lowest BCUT2D eigenvalue weighted by molar-refractivity contribution is 0.327. The molecule has 7 heteroatoms. The van der Waals surface area contributed by atoms with Crippen molar-refractivity contribution in [2.75, 3.05) is 20.2 Å². The van der Waals surface area contributed by atoms with E-state index < -0.39 is 10.0 Å². The van der Waals surface area contributed by atoms with E-state index >= 15 is 0 Å². The minimum Gasteiger partial charge on any atom is -0.495 e. The van der Waals surface area contributed by atoms with Crippen LogP contribution in [0.1, 0.15) is 13.3 Å². The van der Waals surface area contributed by atoms with E-state index in [1.807, 2.05) is 6.92 Å². The molecule has 2 N–H and O–H groups in total. The molecule has 0 amide bonds. The minimum absolute atomic E-state index is 0.0788. The average Bonchev–Trinajstić information content (AvgIpc) is 2.41. The van der Waals surface area contributed by atoms with Gasteiger partial charge in [-0.05, 0) is 43.6 Å². The summed E-state index contributed by atoms with van der Waals surface area (Å²) < 4.78 is 32.9. The normalized spacial score (nSPS) is 23.6. The van der Waals surface area contributed by atoms with Crippen molar-refractivity contribution in [1.29, 1.82) is 0 Å². The summed E-state index contributed by atoms with van der Waals surface area (Å²) in [5, 5.41) is 3.61. The molecule has 1 aliphatic rings. The Balaban J connectivity index is 2.28. The topological polar surface area (TPSA) is 67.4 Å². The molecule has 1 aromatic carbocycles. The Labute approximate surface area is 124 Å². The van der Waals surface area contributed by atoms with Gasteiger partial charge in [-0.25, -0.2) is 13.1 Å². The van der Waals surface area contributed by atoms with E-state index in [4.69, 9.17) is 16.3 Å². The molecule has 1 heterocycles. The molecule has 2 rings (SSSR count). The molecule has 5 nitrogen and oxygen atoms in total. The van der Waals surface area contributed by atoms with Crippen LogP contribution in [0.2, 0.25) is 5.02 Å². The summed E-state index contributed by atoms with van der Waals surface area (Å²) in [6.45, 7) is 3.64. The second kappa shape index (κ2) is 6.30. The fourth-order valence-corrected chi connectivity index (χ4v) is 4.12. The molecule has 0 radical (unpaired) electrons. The molecule has 0 aliphatic carbocycles. The quantitative estimate of drug-likeness (QED) is 0.885. The number of nitrogens with one attached hydrogen (secondary N) is 2. The van der Waals surface area contributed by atoms with E-state index in [1.165, 1.54) is 13.2 Å². The fraction of sp³-hybridized carbons (Fsp3) is 0.538. The predicted octanol–water partition coefficient (Wildman–Crippen LogP) is 1.62. The van der Waals surface area contributed by atoms with Crippen molar-refractivity contribution in [3.8, 4) is 5.75 Å². The molecule has 0 bridgehead atoms. The Kier molecular flexibility index (Phi) is 4.90. The first-order valence-corrected chi connectivity index (χ1v) is 8.37. The third kappa shape index (κ3) is 3.44. The largest absolute Gasteiger partial charge is 0.495 e. The van der Waals surface area contributed by atoms with Crippen LogP contribution in [-0.4, -0.2) is 34.7 Å². The number of benzene rings is 1. The first-order chi connectivity index (χ1) is 9.44. The summed E-state index contributed by atoms with van der Waals surface area (Å²) >= 11 is 5.89. The minimum atomic E-state index is -3.65. The van der Waals surface area contributed by atoms with Crippen LogP contribution < -0.4 is 14.8 Å². The van der Waals surface area contributed by atoms with Crippen molar-refractivity contribution < 1.29 is 13.2 Å². The van der Waals surface area contributed by atoms with E-state index in [1.54, 1.807) is 12.1 Å². The highest BCUT2D eigenvalue weighted by molar-refractivity contribution is 7.89. The van der Waals surface area contributed by atoms with Crippen molar-refractivity contribution in [1.82, 2.24) is 10.0 Å². The van der Waals surface area contributed by atoms with Crippen molar-refractivity contribution in [2.24, 2.45) is 5.92 Å². The van der Waals surface area contributed by atoms with Crippen LogP contribution in [0.15, 0.2) is 23.1 Å². The van der Waals surface area contributed by atoms with E-state index in [0.717, 1.165) is 19.5 Å². The zero-order valence-electron chi connectivity index (χ0n) is 11.5. The Hall–Kier alpha value is -0.820. The Bertz CT molecular complexity index is 577. The Morgan fingerprint density at radius 1 is 1.45 bits per heavy atom. The maximum atomic E-state index is 12.5. The van der Waals surface area contributed by atoms with Gasteiger partial charge in [0.05, 0.1) is 7.11 Å². The molecule has 112 valence electrons. The molecule has 1 saturated heterocycles. The Morgan fingerprint density at radius 2 is 2.20 bits per heavy atom. The van der Waals surface area contributed by atoms with Gasteiger partial charge < -0.3 is 10.1 Å². The molecule has 0 saturated carbocycles. The lowest BCUT2D eigenvalue weighted by Gasteiger charge is -2.30. The zero-order chi connectivity index (χ0) is 14.8. The van der Waals surface area contributed by atoms with Crippen LogP contribution in [0.5, 0.6) is 5.75 Å². The summed E-state index contributed by atoms with van der Waals surface area (Å²) in [4.78, 5) is 0.0817. The van der Waals surface area contributed by atoms with E-state index in [2.05, 4.69) is 10.0 Å². The third-order valence-corrected chi connectivity index (χ3v) is 5.25. The van der Waals surface area contributed by atoms with Crippen LogP contribution in [0.4, 0.5) is 0 Å². The van der Waals surface area contributed by atoms with Crippen LogP contribution >= 0.6 is 11.6 Å². The van der Waals surface area contributed by atoms with Crippen LogP contribution in [0.3, 0.4) is 0 Å². The van der Waals surface area contributed by atoms with Gasteiger partial charge >= 0.3 is 0 Å². The van der Waals surface area contributed by atoms with E-state index in [0.29, 0.717) is 10.8 Å². The van der Waals surface area contributed by atoms with Gasteiger partial charge in [0.2, 0.25) is 10.0 Å². The molecule has 2 atom stereocenters. The highest BCUT2D eigenvalue weighted by Crippen LogP contribution is 2.27. The van der Waals surface area contributed by atoms with Gasteiger partial charge in [0.1, 0.15) is 10.6 Å². The van der Waals surface area contributed by atoms with Gasteiger partial charge in [0.15, 0.2) is 0 Å². The number of rotatable bonds is 4. The molecule has 1 aromatic rings. The molecule has 1 aliphatic heterocycles. The third-order valence-electron chi connectivity index (χ3n) is 3.51. The van der Waals surface area contributed by atoms with E-state index in [9.17, 15) is 8.42 Å². The molecule has 2 unspecified atom stereocenters. The number of ether oxygens (including phenoxy) is 1. The molecule has 0 aromatic heterocycles. The second-order valence-corrected chi connectivity index (χ2v) is 7.11. The van der Waals surface area contributed by atoms with Gasteiger partial charge in [-0.3, -0.25) is 0 Å². The zero-order valence-corrected chi connectivity index (χ0v) is 13.1. The molecule has 0 spiro atoms. The summed E-state index contributed by atoms with van der Waals surface area (Å²) in [5.74, 6) is 0.534. The maximum Gasteiger partial charge on any atom is 0.244 e. The van der Waals surface area contributed by atoms with Gasteiger partial charge in [-0.2, -0.15) is 0 Å². The summed E-state index contributed by atoms with van der Waals surface area (Å²) in [6, 6.07) is 4.49. The number of hydrogen-bond donors (Lipinski definition) is 2. The van der Waals surface area contributed by atoms with Gasteiger partial charge in [0.25, 0.3) is 0 Å². The number of piperidine rings is 1. The number of halogens is 1. The van der Waals surface area contributed by atoms with Crippen molar-refractivity contribution in [2.45, 2.75) is 24.3 Å². The molecular formula is C13H19ClN2O3S. The van der Waals surface area contributed by atoms with Crippen molar-refractivity contribution >= 4 is 21.6 Å². The average molecular weight is 319 g/mol. The first-order valence-electron chi connectivity index (χ1n) is 6.50. The number of sulfonamides is 1. The van der Waals surface area contributed by atoms with Crippen molar-refractivity contribution in [3.63, 3.8) is 0 Å². The first kappa shape index (κ1) is 15.6. The van der Waals surface area contributed by atoms with Gasteiger partial charge in [-0.1, -0.05) is 18.5 Å². The lowest BCUT2D eigenvalue weighted by Crippen LogP contribution is -2.48. The SMILES string of the molecule is COc1ccc(Cl)cc1S(=O)(=O)NC1CCNCC1C. The van der Waals surface area contributed by atoms with Gasteiger partial charge in [-0.15, -0.1) is 0 Å². The van der Waals surface area contributed by atoms with Gasteiger partial charge in [0, 0.05) is 11.1 Å². The van der Waals surface area contributed by atoms with Crippen molar-refractivity contribution in [3.05, 3.63) is 23.2 Å². The lowest BCUT2D eigenvalue weighted by atomic mass is 9.97. The van der Waals surface area contributed by atoms with Crippen LogP contribution in [-0.2, 0) is 10.0 Å². The number of hydrogen-bond acceptors (Lipinski definition) is 4. The molecule has 1 fully saturated rings. The standard InChI is InChI=1S/C13H19ClN2O3S/c1-9-8-15-6-5-11(9)16-20(17,18)13-7-10(14)3-4-12(13)19-2/h3-4,7,9,11,15-16H,5-6,8H2,1-2H3. The Morgan fingerprint density at radius 3 is 2.85 bits per heavy atom. The van der Waals surface area contributed by atoms with E-state index in [-0.39, 0.29) is 16.9 Å². The van der Waals surface area contributed by atoms with Crippen LogP contribution in [0.25, 0.3) is 0 Å². The smallest absolute Gasteiger partial charge is 0.244 e. The summed E-state index contributed by atoms with van der Waals surface area (Å²) in [6.07, 6.45) is 0.767. The fourth-order valence-electron chi connectivity index (χ4n) is 2.31. The second-order valence-electron chi connectivity index (χ2n) is 4.99. The molecular weight excluding hydrogens is 300 g/mol. The predicted molar refractivity (Wildman–Crippen MR) is 78.8 cm³/mol. The monoisotopic (exact) mass is 318 g/mol. The number of methoxy groups -OCH3 is 1. The highest BCUT2D eigenvalue weighted by atomic mass is 35.5. The summed E-state index contributed by atoms with van der Waals surface area (Å²) in [7, 11) is -2.21. The van der Waals surface area contributed by atoms with Crippen LogP contribution in [0, 0.1) is 5.92 Å². The molecule has 20 heavy (non-hydrogen) atoms.